The SMILES string of the molecule is NC(=O)C1=C(I)C(I)=C(I)C(CC(O)C(O)CO)(C(N)=O)C1CC(O)C(O)CO. The first-order valence-corrected chi connectivity index (χ1v) is 11.6. The average Bonchev–Trinajstić information content (AvgIpc) is 2.67. The van der Waals surface area contributed by atoms with Gasteiger partial charge in [0.15, 0.2) is 0 Å². The van der Waals surface area contributed by atoms with Gasteiger partial charge in [0.1, 0.15) is 12.2 Å². The first-order chi connectivity index (χ1) is 13.4. The van der Waals surface area contributed by atoms with Crippen molar-refractivity contribution >= 4 is 79.6 Å². The molecule has 0 aromatic rings. The van der Waals surface area contributed by atoms with Gasteiger partial charge in [-0.3, -0.25) is 9.59 Å². The van der Waals surface area contributed by atoms with Crippen LogP contribution in [0.1, 0.15) is 12.8 Å². The number of aliphatic hydroxyl groups is 6. The van der Waals surface area contributed by atoms with Crippen molar-refractivity contribution in [3.63, 3.8) is 0 Å². The molecule has 0 bridgehead atoms. The topological polar surface area (TPSA) is 208 Å². The maximum Gasteiger partial charge on any atom is 0.246 e. The quantitative estimate of drug-likeness (QED) is 0.124. The molecule has 1 aliphatic rings. The third kappa shape index (κ3) is 5.60. The molecule has 0 aliphatic heterocycles. The Balaban J connectivity index is 3.72. The number of aliphatic hydroxyl groups excluding tert-OH is 6. The highest BCUT2D eigenvalue weighted by molar-refractivity contribution is 14.1. The van der Waals surface area contributed by atoms with E-state index in [2.05, 4.69) is 0 Å². The van der Waals surface area contributed by atoms with Gasteiger partial charge in [-0.05, 0) is 80.6 Å². The molecule has 0 fully saturated rings. The van der Waals surface area contributed by atoms with Crippen molar-refractivity contribution in [2.45, 2.75) is 37.3 Å². The van der Waals surface area contributed by atoms with Crippen molar-refractivity contribution in [1.29, 1.82) is 0 Å². The zero-order chi connectivity index (χ0) is 22.7. The minimum absolute atomic E-state index is 0.0240. The van der Waals surface area contributed by atoms with Crippen molar-refractivity contribution < 1.29 is 40.2 Å². The first-order valence-electron chi connectivity index (χ1n) is 8.36. The van der Waals surface area contributed by atoms with E-state index in [0.717, 1.165) is 0 Å². The smallest absolute Gasteiger partial charge is 0.246 e. The van der Waals surface area contributed by atoms with Crippen molar-refractivity contribution in [2.75, 3.05) is 13.2 Å². The van der Waals surface area contributed by atoms with Gasteiger partial charge in [0, 0.05) is 22.2 Å². The third-order valence-corrected chi connectivity index (χ3v) is 10.7. The molecule has 0 saturated heterocycles. The lowest BCUT2D eigenvalue weighted by Crippen LogP contribution is -2.53. The Bertz CT molecular complexity index is 716. The fraction of sp³-hybridized carbons (Fsp3) is 0.625. The summed E-state index contributed by atoms with van der Waals surface area (Å²) in [6.07, 6.45) is -7.11. The molecule has 6 unspecified atom stereocenters. The number of hydrogen-bond donors (Lipinski definition) is 8. The molecule has 0 radical (unpaired) electrons. The lowest BCUT2D eigenvalue weighted by Gasteiger charge is -2.45. The summed E-state index contributed by atoms with van der Waals surface area (Å²) in [5.74, 6) is -2.99. The van der Waals surface area contributed by atoms with Crippen LogP contribution in [0.4, 0.5) is 0 Å². The molecular formula is C16H23I3N2O8. The molecule has 0 heterocycles. The standard InChI is InChI=1S/C16H23I3N2O8/c17-11-10(14(20)28)5(1-6(24)8(26)3-22)16(15(21)29,13(19)12(11)18)2-7(25)9(27)4-23/h5-9,22-27H,1-4H2,(H2,20,28)(H2,21,29). The number of carbonyl (C=O) groups excluding carboxylic acids is 2. The number of allylic oxidation sites excluding steroid dienone is 2. The molecule has 0 spiro atoms. The Hall–Kier alpha value is 0.370. The van der Waals surface area contributed by atoms with Crippen molar-refractivity contribution in [3.05, 3.63) is 16.3 Å². The number of carbonyl (C=O) groups is 2. The number of nitrogens with two attached hydrogens (primary N) is 2. The lowest BCUT2D eigenvalue weighted by atomic mass is 9.63. The molecule has 6 atom stereocenters. The van der Waals surface area contributed by atoms with Crippen LogP contribution in [0, 0.1) is 11.3 Å². The normalized spacial score (nSPS) is 26.9. The summed E-state index contributed by atoms with van der Waals surface area (Å²) in [5.41, 5.74) is 9.48. The van der Waals surface area contributed by atoms with E-state index >= 15 is 0 Å². The fourth-order valence-corrected chi connectivity index (χ4v) is 6.61. The zero-order valence-electron chi connectivity index (χ0n) is 15.0. The van der Waals surface area contributed by atoms with Gasteiger partial charge in [-0.1, -0.05) is 0 Å². The minimum Gasteiger partial charge on any atom is -0.394 e. The van der Waals surface area contributed by atoms with Crippen LogP contribution < -0.4 is 11.5 Å². The largest absolute Gasteiger partial charge is 0.394 e. The molecular weight excluding hydrogens is 729 g/mol. The van der Waals surface area contributed by atoms with Crippen LogP contribution in [0.5, 0.6) is 0 Å². The second kappa shape index (κ2) is 11.3. The van der Waals surface area contributed by atoms with E-state index in [-0.39, 0.29) is 12.0 Å². The Kier molecular flexibility index (Phi) is 10.7. The highest BCUT2D eigenvalue weighted by Crippen LogP contribution is 2.57. The molecule has 0 aromatic heterocycles. The number of hydrogen-bond acceptors (Lipinski definition) is 8. The average molecular weight is 752 g/mol. The maximum absolute atomic E-state index is 12.7. The summed E-state index contributed by atoms with van der Waals surface area (Å²) in [6.45, 7) is -1.54. The van der Waals surface area contributed by atoms with Crippen molar-refractivity contribution in [2.24, 2.45) is 22.8 Å². The molecule has 2 amide bonds. The summed E-state index contributed by atoms with van der Waals surface area (Å²) >= 11 is 5.62. The van der Waals surface area contributed by atoms with Crippen molar-refractivity contribution in [1.82, 2.24) is 0 Å². The van der Waals surface area contributed by atoms with Crippen LogP contribution in [0.15, 0.2) is 16.3 Å². The van der Waals surface area contributed by atoms with Gasteiger partial charge < -0.3 is 42.1 Å². The Morgan fingerprint density at radius 1 is 0.897 bits per heavy atom. The van der Waals surface area contributed by atoms with E-state index in [4.69, 9.17) is 21.7 Å². The van der Waals surface area contributed by atoms with Gasteiger partial charge >= 0.3 is 0 Å². The van der Waals surface area contributed by atoms with E-state index in [1.807, 2.05) is 67.8 Å². The van der Waals surface area contributed by atoms with Crippen LogP contribution in [0.2, 0.25) is 0 Å². The van der Waals surface area contributed by atoms with Gasteiger partial charge in [-0.15, -0.1) is 0 Å². The summed E-state index contributed by atoms with van der Waals surface area (Å²) in [6, 6.07) is 0. The second-order valence-electron chi connectivity index (χ2n) is 6.68. The van der Waals surface area contributed by atoms with E-state index in [9.17, 15) is 30.0 Å². The maximum atomic E-state index is 12.7. The zero-order valence-corrected chi connectivity index (χ0v) is 21.5. The number of rotatable bonds is 10. The van der Waals surface area contributed by atoms with E-state index < -0.39 is 67.2 Å². The molecule has 1 aliphatic carbocycles. The highest BCUT2D eigenvalue weighted by atomic mass is 127. The molecule has 13 heteroatoms. The minimum atomic E-state index is -1.76. The predicted octanol–water partition coefficient (Wildman–Crippen LogP) is -1.45. The van der Waals surface area contributed by atoms with Gasteiger partial charge in [0.2, 0.25) is 11.8 Å². The Morgan fingerprint density at radius 2 is 1.38 bits per heavy atom. The van der Waals surface area contributed by atoms with E-state index in [1.165, 1.54) is 0 Å². The summed E-state index contributed by atoms with van der Waals surface area (Å²) in [5, 5.41) is 58.5. The lowest BCUT2D eigenvalue weighted by molar-refractivity contribution is -0.133. The summed E-state index contributed by atoms with van der Waals surface area (Å²) < 4.78 is 1.26. The number of amides is 2. The van der Waals surface area contributed by atoms with E-state index in [0.29, 0.717) is 10.7 Å². The van der Waals surface area contributed by atoms with Crippen LogP contribution in [0.3, 0.4) is 0 Å². The summed E-state index contributed by atoms with van der Waals surface area (Å²) in [7, 11) is 0. The second-order valence-corrected chi connectivity index (χ2v) is 9.92. The molecule has 10 N–H and O–H groups in total. The molecule has 29 heavy (non-hydrogen) atoms. The monoisotopic (exact) mass is 752 g/mol. The van der Waals surface area contributed by atoms with Crippen LogP contribution in [0.25, 0.3) is 0 Å². The van der Waals surface area contributed by atoms with Gasteiger partial charge in [0.05, 0.1) is 30.8 Å². The van der Waals surface area contributed by atoms with Crippen LogP contribution in [-0.2, 0) is 9.59 Å². The first kappa shape index (κ1) is 27.4. The molecule has 0 saturated carbocycles. The fourth-order valence-electron chi connectivity index (χ4n) is 3.28. The van der Waals surface area contributed by atoms with Gasteiger partial charge in [-0.2, -0.15) is 0 Å². The van der Waals surface area contributed by atoms with Crippen LogP contribution in [-0.4, -0.2) is 80.1 Å². The molecule has 0 aromatic carbocycles. The van der Waals surface area contributed by atoms with E-state index in [1.54, 1.807) is 0 Å². The van der Waals surface area contributed by atoms with Crippen LogP contribution >= 0.6 is 67.8 Å². The molecule has 10 nitrogen and oxygen atoms in total. The predicted molar refractivity (Wildman–Crippen MR) is 128 cm³/mol. The Labute approximate surface area is 207 Å². The number of halogens is 3. The number of primary amides is 2. The molecule has 166 valence electrons. The Morgan fingerprint density at radius 3 is 1.79 bits per heavy atom. The van der Waals surface area contributed by atoms with Crippen molar-refractivity contribution in [3.8, 4) is 0 Å². The van der Waals surface area contributed by atoms with Gasteiger partial charge in [0.25, 0.3) is 0 Å². The highest BCUT2D eigenvalue weighted by Gasteiger charge is 2.55. The summed E-state index contributed by atoms with van der Waals surface area (Å²) in [4.78, 5) is 25.0. The third-order valence-electron chi connectivity index (χ3n) is 4.93. The molecule has 1 rings (SSSR count). The van der Waals surface area contributed by atoms with Gasteiger partial charge in [-0.25, -0.2) is 0 Å².